The van der Waals surface area contributed by atoms with E-state index in [2.05, 4.69) is 24.1 Å². The Morgan fingerprint density at radius 3 is 2.76 bits per heavy atom. The second-order valence-corrected chi connectivity index (χ2v) is 5.59. The molecule has 21 heavy (non-hydrogen) atoms. The molecule has 4 heteroatoms. The molecule has 0 unspecified atom stereocenters. The molecule has 0 atom stereocenters. The van der Waals surface area contributed by atoms with Crippen LogP contribution >= 0.6 is 0 Å². The van der Waals surface area contributed by atoms with Crippen molar-refractivity contribution in [2.24, 2.45) is 5.92 Å². The van der Waals surface area contributed by atoms with E-state index in [-0.39, 0.29) is 12.6 Å². The van der Waals surface area contributed by atoms with Gasteiger partial charge >= 0.3 is 6.03 Å². The number of benzene rings is 1. The monoisotopic (exact) mass is 286 g/mol. The highest BCUT2D eigenvalue weighted by atomic mass is 16.2. The number of aryl methyl sites for hydroxylation is 1. The fraction of sp³-hybridized carbons (Fsp3) is 0.471. The lowest BCUT2D eigenvalue weighted by Gasteiger charge is -2.30. The number of anilines is 1. The van der Waals surface area contributed by atoms with Crippen molar-refractivity contribution in [1.29, 1.82) is 0 Å². The molecule has 1 saturated heterocycles. The number of hydrogen-bond acceptors (Lipinski definition) is 2. The minimum atomic E-state index is -0.148. The maximum absolute atomic E-state index is 12.2. The Hall–Kier alpha value is -1.99. The lowest BCUT2D eigenvalue weighted by Crippen LogP contribution is -2.40. The van der Waals surface area contributed by atoms with Crippen LogP contribution in [0.1, 0.15) is 30.9 Å². The van der Waals surface area contributed by atoms with Crippen LogP contribution in [0, 0.1) is 24.7 Å². The number of nitrogens with one attached hydrogen (secondary N) is 1. The minimum absolute atomic E-state index is 0.0320. The number of urea groups is 1. The van der Waals surface area contributed by atoms with Crippen molar-refractivity contribution in [2.75, 3.05) is 25.0 Å². The summed E-state index contributed by atoms with van der Waals surface area (Å²) in [6.45, 7) is 5.67. The van der Waals surface area contributed by atoms with E-state index in [4.69, 9.17) is 5.11 Å². The van der Waals surface area contributed by atoms with Gasteiger partial charge in [0.2, 0.25) is 0 Å². The van der Waals surface area contributed by atoms with Gasteiger partial charge in [-0.15, -0.1) is 0 Å². The van der Waals surface area contributed by atoms with Gasteiger partial charge in [-0.2, -0.15) is 0 Å². The van der Waals surface area contributed by atoms with Crippen LogP contribution in [0.15, 0.2) is 18.2 Å². The number of rotatable bonds is 1. The number of carbonyl (C=O) groups is 1. The van der Waals surface area contributed by atoms with Crippen LogP contribution in [0.5, 0.6) is 0 Å². The summed E-state index contributed by atoms with van der Waals surface area (Å²) in [6, 6.07) is 5.59. The summed E-state index contributed by atoms with van der Waals surface area (Å²) in [6.07, 6.45) is 2.14. The van der Waals surface area contributed by atoms with Crippen LogP contribution in [-0.4, -0.2) is 35.7 Å². The summed E-state index contributed by atoms with van der Waals surface area (Å²) < 4.78 is 0. The molecule has 2 amide bonds. The Morgan fingerprint density at radius 1 is 1.43 bits per heavy atom. The van der Waals surface area contributed by atoms with Gasteiger partial charge in [0.25, 0.3) is 0 Å². The van der Waals surface area contributed by atoms with Gasteiger partial charge in [0.05, 0.1) is 0 Å². The molecule has 0 aliphatic carbocycles. The first-order valence-corrected chi connectivity index (χ1v) is 7.36. The Morgan fingerprint density at radius 2 is 2.14 bits per heavy atom. The summed E-state index contributed by atoms with van der Waals surface area (Å²) in [7, 11) is 0. The van der Waals surface area contributed by atoms with E-state index in [0.29, 0.717) is 5.92 Å². The van der Waals surface area contributed by atoms with Crippen LogP contribution in [-0.2, 0) is 0 Å². The van der Waals surface area contributed by atoms with E-state index in [1.54, 1.807) is 0 Å². The van der Waals surface area contributed by atoms with Gasteiger partial charge in [-0.1, -0.05) is 18.8 Å². The molecule has 0 spiro atoms. The molecule has 0 radical (unpaired) electrons. The van der Waals surface area contributed by atoms with Crippen molar-refractivity contribution >= 4 is 11.7 Å². The van der Waals surface area contributed by atoms with Gasteiger partial charge in [-0.3, -0.25) is 0 Å². The molecule has 2 rings (SSSR count). The molecule has 2 N–H and O–H groups in total. The van der Waals surface area contributed by atoms with Gasteiger partial charge in [-0.05, 0) is 49.4 Å². The molecule has 112 valence electrons. The zero-order chi connectivity index (χ0) is 15.2. The molecule has 1 aliphatic heterocycles. The third kappa shape index (κ3) is 4.24. The quantitative estimate of drug-likeness (QED) is 0.780. The molecule has 0 saturated carbocycles. The Labute approximate surface area is 126 Å². The normalized spacial score (nSPS) is 15.3. The average molecular weight is 286 g/mol. The van der Waals surface area contributed by atoms with Crippen molar-refractivity contribution in [3.8, 4) is 11.8 Å². The molecular formula is C17H22N2O2. The first kappa shape index (κ1) is 15.4. The lowest BCUT2D eigenvalue weighted by molar-refractivity contribution is 0.186. The summed E-state index contributed by atoms with van der Waals surface area (Å²) in [5.41, 5.74) is 2.64. The van der Waals surface area contributed by atoms with E-state index in [9.17, 15) is 4.79 Å². The molecule has 0 bridgehead atoms. The van der Waals surface area contributed by atoms with Crippen LogP contribution < -0.4 is 5.32 Å². The Bertz CT molecular complexity index is 564. The first-order valence-electron chi connectivity index (χ1n) is 7.36. The maximum atomic E-state index is 12.2. The second kappa shape index (κ2) is 7.14. The molecule has 1 aliphatic rings. The molecule has 1 aromatic rings. The molecule has 1 aromatic carbocycles. The SMILES string of the molecule is Cc1cc(NC(=O)N2CCC(C)CC2)ccc1C#CCO. The number of hydrogen-bond donors (Lipinski definition) is 2. The zero-order valence-corrected chi connectivity index (χ0v) is 12.6. The second-order valence-electron chi connectivity index (χ2n) is 5.59. The number of amides is 2. The third-order valence-electron chi connectivity index (χ3n) is 3.85. The molecule has 0 aromatic heterocycles. The highest BCUT2D eigenvalue weighted by Gasteiger charge is 2.20. The van der Waals surface area contributed by atoms with Gasteiger partial charge in [-0.25, -0.2) is 4.79 Å². The van der Waals surface area contributed by atoms with E-state index < -0.39 is 0 Å². The van der Waals surface area contributed by atoms with Crippen molar-refractivity contribution in [1.82, 2.24) is 4.90 Å². The van der Waals surface area contributed by atoms with Crippen LogP contribution in [0.2, 0.25) is 0 Å². The number of nitrogens with zero attached hydrogens (tertiary/aromatic N) is 1. The number of likely N-dealkylation sites (tertiary alicyclic amines) is 1. The first-order chi connectivity index (χ1) is 10.1. The lowest BCUT2D eigenvalue weighted by atomic mass is 10.00. The molecular weight excluding hydrogens is 264 g/mol. The predicted molar refractivity (Wildman–Crippen MR) is 84.1 cm³/mol. The number of aliphatic hydroxyl groups is 1. The topological polar surface area (TPSA) is 52.6 Å². The van der Waals surface area contributed by atoms with Crippen LogP contribution in [0.3, 0.4) is 0 Å². The smallest absolute Gasteiger partial charge is 0.321 e. The standard InChI is InChI=1S/C17H22N2O2/c1-13-7-9-19(10-8-13)17(21)18-16-6-5-15(4-3-11-20)14(2)12-16/h5-6,12-13,20H,7-11H2,1-2H3,(H,18,21). The highest BCUT2D eigenvalue weighted by Crippen LogP contribution is 2.18. The fourth-order valence-corrected chi connectivity index (χ4v) is 2.43. The Balaban J connectivity index is 1.99. The third-order valence-corrected chi connectivity index (χ3v) is 3.85. The summed E-state index contributed by atoms with van der Waals surface area (Å²) in [5, 5.41) is 11.7. The minimum Gasteiger partial charge on any atom is -0.384 e. The zero-order valence-electron chi connectivity index (χ0n) is 12.6. The van der Waals surface area contributed by atoms with Crippen molar-refractivity contribution < 1.29 is 9.90 Å². The highest BCUT2D eigenvalue weighted by molar-refractivity contribution is 5.89. The van der Waals surface area contributed by atoms with Crippen LogP contribution in [0.4, 0.5) is 10.5 Å². The van der Waals surface area contributed by atoms with Gasteiger partial charge in [0, 0.05) is 24.3 Å². The van der Waals surface area contributed by atoms with Crippen LogP contribution in [0.25, 0.3) is 0 Å². The van der Waals surface area contributed by atoms with E-state index in [0.717, 1.165) is 42.7 Å². The number of piperidine rings is 1. The summed E-state index contributed by atoms with van der Waals surface area (Å²) in [5.74, 6) is 6.23. The van der Waals surface area contributed by atoms with E-state index >= 15 is 0 Å². The fourth-order valence-electron chi connectivity index (χ4n) is 2.43. The molecule has 1 heterocycles. The number of aliphatic hydroxyl groups excluding tert-OH is 1. The van der Waals surface area contributed by atoms with Crippen molar-refractivity contribution in [3.05, 3.63) is 29.3 Å². The summed E-state index contributed by atoms with van der Waals surface area (Å²) >= 11 is 0. The van der Waals surface area contributed by atoms with Crippen molar-refractivity contribution in [3.63, 3.8) is 0 Å². The molecule has 1 fully saturated rings. The largest absolute Gasteiger partial charge is 0.384 e. The number of carbonyl (C=O) groups excluding carboxylic acids is 1. The predicted octanol–water partition coefficient (Wildman–Crippen LogP) is 2.60. The van der Waals surface area contributed by atoms with Gasteiger partial charge < -0.3 is 15.3 Å². The Kier molecular flexibility index (Phi) is 5.24. The maximum Gasteiger partial charge on any atom is 0.321 e. The average Bonchev–Trinajstić information content (AvgIpc) is 2.47. The summed E-state index contributed by atoms with van der Waals surface area (Å²) in [4.78, 5) is 14.1. The van der Waals surface area contributed by atoms with Crippen molar-refractivity contribution in [2.45, 2.75) is 26.7 Å². The van der Waals surface area contributed by atoms with Gasteiger partial charge in [0.15, 0.2) is 0 Å². The van der Waals surface area contributed by atoms with E-state index in [1.807, 2.05) is 30.0 Å². The van der Waals surface area contributed by atoms with E-state index in [1.165, 1.54) is 0 Å². The molecule has 4 nitrogen and oxygen atoms in total. The van der Waals surface area contributed by atoms with Gasteiger partial charge in [0.1, 0.15) is 6.61 Å².